The quantitative estimate of drug-likeness (QED) is 0.782. The second-order valence-electron chi connectivity index (χ2n) is 5.30. The average molecular weight is 308 g/mol. The van der Waals surface area contributed by atoms with Crippen LogP contribution in [0.4, 0.5) is 26.3 Å². The number of aliphatic hydroxyl groups excluding tert-OH is 1. The van der Waals surface area contributed by atoms with Gasteiger partial charge in [0.1, 0.15) is 0 Å². The molecule has 4 atom stereocenters. The molecule has 0 aromatic carbocycles. The van der Waals surface area contributed by atoms with Crippen LogP contribution in [0.25, 0.3) is 0 Å². The molecule has 20 heavy (non-hydrogen) atoms. The van der Waals surface area contributed by atoms with Crippen molar-refractivity contribution in [3.63, 3.8) is 0 Å². The average Bonchev–Trinajstić information content (AvgIpc) is 2.29. The van der Waals surface area contributed by atoms with E-state index in [1.165, 1.54) is 0 Å². The van der Waals surface area contributed by atoms with Crippen LogP contribution in [0.3, 0.4) is 0 Å². The molecule has 1 aliphatic carbocycles. The lowest BCUT2D eigenvalue weighted by molar-refractivity contribution is -0.296. The molecule has 0 saturated heterocycles. The third-order valence-electron chi connectivity index (χ3n) is 4.05. The Morgan fingerprint density at radius 2 is 1.75 bits per heavy atom. The summed E-state index contributed by atoms with van der Waals surface area (Å²) in [7, 11) is 0. The zero-order valence-electron chi connectivity index (χ0n) is 11.2. The first-order valence-corrected chi connectivity index (χ1v) is 6.41. The van der Waals surface area contributed by atoms with E-state index < -0.39 is 36.6 Å². The van der Waals surface area contributed by atoms with Crippen molar-refractivity contribution in [1.82, 2.24) is 0 Å². The third-order valence-corrected chi connectivity index (χ3v) is 4.05. The van der Waals surface area contributed by atoms with E-state index in [1.54, 1.807) is 13.8 Å². The monoisotopic (exact) mass is 308 g/mol. The van der Waals surface area contributed by atoms with Gasteiger partial charge >= 0.3 is 12.4 Å². The van der Waals surface area contributed by atoms with E-state index in [1.807, 2.05) is 0 Å². The molecule has 0 radical (unpaired) electrons. The van der Waals surface area contributed by atoms with E-state index in [-0.39, 0.29) is 5.92 Å². The van der Waals surface area contributed by atoms with Gasteiger partial charge in [-0.2, -0.15) is 26.3 Å². The van der Waals surface area contributed by atoms with Gasteiger partial charge in [-0.25, -0.2) is 0 Å². The minimum atomic E-state index is -5.09. The highest BCUT2D eigenvalue weighted by Crippen LogP contribution is 2.47. The molecule has 2 nitrogen and oxygen atoms in total. The van der Waals surface area contributed by atoms with Gasteiger partial charge in [-0.15, -0.1) is 0 Å². The van der Waals surface area contributed by atoms with Crippen LogP contribution in [-0.2, 0) is 4.74 Å². The summed E-state index contributed by atoms with van der Waals surface area (Å²) >= 11 is 0. The van der Waals surface area contributed by atoms with Crippen LogP contribution in [0, 0.1) is 5.92 Å². The highest BCUT2D eigenvalue weighted by atomic mass is 19.4. The van der Waals surface area contributed by atoms with Crippen LogP contribution in [0.15, 0.2) is 0 Å². The fourth-order valence-electron chi connectivity index (χ4n) is 2.41. The predicted octanol–water partition coefficient (Wildman–Crippen LogP) is 3.83. The Hall–Kier alpha value is -0.500. The van der Waals surface area contributed by atoms with E-state index in [9.17, 15) is 26.3 Å². The predicted molar refractivity (Wildman–Crippen MR) is 59.0 cm³/mol. The van der Waals surface area contributed by atoms with E-state index >= 15 is 0 Å². The van der Waals surface area contributed by atoms with Crippen LogP contribution in [0.1, 0.15) is 39.5 Å². The number of alkyl halides is 6. The van der Waals surface area contributed by atoms with Crippen molar-refractivity contribution < 1.29 is 36.2 Å². The first kappa shape index (κ1) is 17.6. The van der Waals surface area contributed by atoms with E-state index in [4.69, 9.17) is 9.84 Å². The molecule has 0 aromatic heterocycles. The van der Waals surface area contributed by atoms with Crippen LogP contribution in [-0.4, -0.2) is 35.3 Å². The van der Waals surface area contributed by atoms with Crippen molar-refractivity contribution in [2.75, 3.05) is 0 Å². The lowest BCUT2D eigenvalue weighted by Gasteiger charge is -2.49. The van der Waals surface area contributed by atoms with Gasteiger partial charge in [-0.3, -0.25) is 0 Å². The van der Waals surface area contributed by atoms with Crippen LogP contribution in [0.2, 0.25) is 0 Å². The zero-order valence-corrected chi connectivity index (χ0v) is 11.2. The molecular weight excluding hydrogens is 290 g/mol. The molecule has 0 amide bonds. The SMILES string of the molecule is CCC1(OC(CC(O)C(F)(F)F)C(F)(F)F)CC[C@H]1C. The van der Waals surface area contributed by atoms with Crippen molar-refractivity contribution in [1.29, 1.82) is 0 Å². The second-order valence-corrected chi connectivity index (χ2v) is 5.30. The molecule has 1 rings (SSSR count). The Kier molecular flexibility index (Phi) is 5.01. The highest BCUT2D eigenvalue weighted by molar-refractivity contribution is 4.96. The van der Waals surface area contributed by atoms with E-state index in [0.717, 1.165) is 0 Å². The second kappa shape index (κ2) is 5.71. The molecule has 8 heteroatoms. The minimum Gasteiger partial charge on any atom is -0.384 e. The lowest BCUT2D eigenvalue weighted by Crippen LogP contribution is -2.53. The molecule has 1 saturated carbocycles. The lowest BCUT2D eigenvalue weighted by atomic mass is 9.68. The normalized spacial score (nSPS) is 30.8. The number of hydrogen-bond donors (Lipinski definition) is 1. The van der Waals surface area contributed by atoms with Crippen LogP contribution >= 0.6 is 0 Å². The zero-order chi connectivity index (χ0) is 15.8. The van der Waals surface area contributed by atoms with Crippen LogP contribution < -0.4 is 0 Å². The largest absolute Gasteiger partial charge is 0.414 e. The fraction of sp³-hybridized carbons (Fsp3) is 1.00. The van der Waals surface area contributed by atoms with Gasteiger partial charge in [0, 0.05) is 6.42 Å². The molecular formula is C12H18F6O2. The molecule has 0 heterocycles. The maximum Gasteiger partial charge on any atom is 0.414 e. The summed E-state index contributed by atoms with van der Waals surface area (Å²) in [5.41, 5.74) is -1.04. The van der Waals surface area contributed by atoms with E-state index in [2.05, 4.69) is 0 Å². The Bertz CT molecular complexity index is 323. The van der Waals surface area contributed by atoms with Gasteiger partial charge in [-0.1, -0.05) is 13.8 Å². The molecule has 3 unspecified atom stereocenters. The topological polar surface area (TPSA) is 29.5 Å². The summed E-state index contributed by atoms with van der Waals surface area (Å²) in [5.74, 6) is -0.139. The first-order valence-electron chi connectivity index (χ1n) is 6.41. The van der Waals surface area contributed by atoms with Gasteiger partial charge in [0.15, 0.2) is 12.2 Å². The Labute approximate surface area is 113 Å². The summed E-state index contributed by atoms with van der Waals surface area (Å²) < 4.78 is 80.1. The number of halogens is 6. The van der Waals surface area contributed by atoms with Gasteiger partial charge in [-0.05, 0) is 25.2 Å². The summed E-state index contributed by atoms with van der Waals surface area (Å²) in [4.78, 5) is 0. The molecule has 1 aliphatic rings. The minimum absolute atomic E-state index is 0.139. The molecule has 0 spiro atoms. The molecule has 120 valence electrons. The maximum absolute atomic E-state index is 12.8. The van der Waals surface area contributed by atoms with Crippen molar-refractivity contribution in [3.8, 4) is 0 Å². The third kappa shape index (κ3) is 3.78. The summed E-state index contributed by atoms with van der Waals surface area (Å²) in [6, 6.07) is 0. The standard InChI is InChI=1S/C12H18F6O2/c1-3-10(5-4-7(10)2)20-9(12(16,17)18)6-8(19)11(13,14)15/h7-9,19H,3-6H2,1-2H3/t7-,8?,9?,10?/m1/s1. The number of aliphatic hydroxyl groups is 1. The molecule has 1 N–H and O–H groups in total. The van der Waals surface area contributed by atoms with Crippen molar-refractivity contribution in [2.45, 2.75) is 69.7 Å². The number of rotatable bonds is 5. The Balaban J connectivity index is 2.81. The molecule has 0 bridgehead atoms. The summed E-state index contributed by atoms with van der Waals surface area (Å²) in [5, 5.41) is 8.84. The van der Waals surface area contributed by atoms with Crippen molar-refractivity contribution in [2.24, 2.45) is 5.92 Å². The molecule has 1 fully saturated rings. The molecule has 0 aliphatic heterocycles. The van der Waals surface area contributed by atoms with Gasteiger partial charge in [0.2, 0.25) is 0 Å². The maximum atomic E-state index is 12.8. The van der Waals surface area contributed by atoms with E-state index in [0.29, 0.717) is 19.3 Å². The van der Waals surface area contributed by atoms with Crippen molar-refractivity contribution in [3.05, 3.63) is 0 Å². The smallest absolute Gasteiger partial charge is 0.384 e. The van der Waals surface area contributed by atoms with Gasteiger partial charge in [0.25, 0.3) is 0 Å². The van der Waals surface area contributed by atoms with Crippen molar-refractivity contribution >= 4 is 0 Å². The molecule has 0 aromatic rings. The first-order chi connectivity index (χ1) is 8.92. The van der Waals surface area contributed by atoms with Gasteiger partial charge < -0.3 is 9.84 Å². The van der Waals surface area contributed by atoms with Crippen LogP contribution in [0.5, 0.6) is 0 Å². The summed E-state index contributed by atoms with van der Waals surface area (Å²) in [6.07, 6.45) is -15.8. The number of ether oxygens (including phenoxy) is 1. The fourth-order valence-corrected chi connectivity index (χ4v) is 2.41. The van der Waals surface area contributed by atoms with Gasteiger partial charge in [0.05, 0.1) is 5.60 Å². The highest BCUT2D eigenvalue weighted by Gasteiger charge is 2.53. The Morgan fingerprint density at radius 3 is 2.00 bits per heavy atom. The number of hydrogen-bond acceptors (Lipinski definition) is 2. The summed E-state index contributed by atoms with van der Waals surface area (Å²) in [6.45, 7) is 3.35. The Morgan fingerprint density at radius 1 is 1.20 bits per heavy atom.